The number of anilines is 2. The molecule has 0 fully saturated rings. The number of nitrogens with one attached hydrogen (secondary N) is 1. The Morgan fingerprint density at radius 2 is 1.87 bits per heavy atom. The van der Waals surface area contributed by atoms with Crippen LogP contribution in [-0.2, 0) is 19.6 Å². The van der Waals surface area contributed by atoms with E-state index in [2.05, 4.69) is 5.32 Å². The van der Waals surface area contributed by atoms with E-state index in [4.69, 9.17) is 21.1 Å². The highest BCUT2D eigenvalue weighted by Gasteiger charge is 2.21. The van der Waals surface area contributed by atoms with E-state index in [0.29, 0.717) is 17.1 Å². The first kappa shape index (κ1) is 24.5. The second kappa shape index (κ2) is 11.0. The molecule has 0 atom stereocenters. The summed E-state index contributed by atoms with van der Waals surface area (Å²) in [6.45, 7) is 1.98. The fourth-order valence-electron chi connectivity index (χ4n) is 2.88. The maximum absolute atomic E-state index is 12.3. The monoisotopic (exact) mass is 468 g/mol. The van der Waals surface area contributed by atoms with E-state index in [1.807, 2.05) is 0 Å². The van der Waals surface area contributed by atoms with Crippen molar-refractivity contribution in [3.05, 3.63) is 53.1 Å². The summed E-state index contributed by atoms with van der Waals surface area (Å²) < 4.78 is 35.9. The summed E-state index contributed by atoms with van der Waals surface area (Å²) in [5, 5.41) is 2.90. The smallest absolute Gasteiger partial charge is 0.339 e. The minimum Gasteiger partial charge on any atom is -0.495 e. The number of benzene rings is 2. The van der Waals surface area contributed by atoms with Crippen LogP contribution in [0.4, 0.5) is 11.4 Å². The van der Waals surface area contributed by atoms with Gasteiger partial charge >= 0.3 is 5.97 Å². The molecule has 0 aromatic heterocycles. The SMILES string of the molecule is CCOC(=O)c1cc(NC(=O)CCCN(c2ccccc2OC)S(C)(=O)=O)ccc1Cl. The third-order valence-electron chi connectivity index (χ3n) is 4.26. The first-order chi connectivity index (χ1) is 14.7. The lowest BCUT2D eigenvalue weighted by atomic mass is 10.2. The minimum atomic E-state index is -3.58. The van der Waals surface area contributed by atoms with Crippen molar-refractivity contribution in [3.63, 3.8) is 0 Å². The summed E-state index contributed by atoms with van der Waals surface area (Å²) in [4.78, 5) is 24.3. The van der Waals surface area contributed by atoms with Crippen LogP contribution in [0, 0.1) is 0 Å². The van der Waals surface area contributed by atoms with Gasteiger partial charge in [-0.25, -0.2) is 13.2 Å². The van der Waals surface area contributed by atoms with Crippen LogP contribution >= 0.6 is 11.6 Å². The number of amides is 1. The Kier molecular flexibility index (Phi) is 8.70. The number of ether oxygens (including phenoxy) is 2. The van der Waals surface area contributed by atoms with Crippen molar-refractivity contribution < 1.29 is 27.5 Å². The lowest BCUT2D eigenvalue weighted by Gasteiger charge is -2.24. The molecular weight excluding hydrogens is 444 g/mol. The van der Waals surface area contributed by atoms with Crippen LogP contribution in [0.5, 0.6) is 5.75 Å². The molecule has 1 amide bonds. The van der Waals surface area contributed by atoms with Gasteiger partial charge in [-0.3, -0.25) is 9.10 Å². The maximum Gasteiger partial charge on any atom is 0.339 e. The molecule has 0 saturated heterocycles. The number of methoxy groups -OCH3 is 1. The summed E-state index contributed by atoms with van der Waals surface area (Å²) in [6, 6.07) is 11.3. The molecule has 2 rings (SSSR count). The van der Waals surface area contributed by atoms with Gasteiger partial charge in [0.2, 0.25) is 15.9 Å². The van der Waals surface area contributed by atoms with Crippen molar-refractivity contribution in [1.82, 2.24) is 0 Å². The highest BCUT2D eigenvalue weighted by molar-refractivity contribution is 7.92. The molecule has 0 radical (unpaired) electrons. The van der Waals surface area contributed by atoms with Gasteiger partial charge in [-0.05, 0) is 43.7 Å². The normalized spacial score (nSPS) is 11.0. The van der Waals surface area contributed by atoms with Crippen LogP contribution in [-0.4, -0.2) is 46.8 Å². The van der Waals surface area contributed by atoms with Gasteiger partial charge in [-0.15, -0.1) is 0 Å². The molecule has 0 aliphatic heterocycles. The molecule has 0 heterocycles. The molecule has 2 aromatic rings. The van der Waals surface area contributed by atoms with Crippen molar-refractivity contribution in [3.8, 4) is 5.75 Å². The number of sulfonamides is 1. The summed E-state index contributed by atoms with van der Waals surface area (Å²) in [5.41, 5.74) is 0.951. The third-order valence-corrected chi connectivity index (χ3v) is 5.77. The summed E-state index contributed by atoms with van der Waals surface area (Å²) in [7, 11) is -2.12. The van der Waals surface area contributed by atoms with Gasteiger partial charge in [0.05, 0.1) is 36.2 Å². The standard InChI is InChI=1S/C21H25ClN2O6S/c1-4-30-21(26)16-14-15(11-12-17(16)22)23-20(25)10-7-13-24(31(3,27)28)18-8-5-6-9-19(18)29-2/h5-6,8-9,11-12,14H,4,7,10,13H2,1-3H3,(H,23,25). The highest BCUT2D eigenvalue weighted by atomic mass is 35.5. The zero-order valence-electron chi connectivity index (χ0n) is 17.6. The zero-order valence-corrected chi connectivity index (χ0v) is 19.1. The van der Waals surface area contributed by atoms with E-state index in [9.17, 15) is 18.0 Å². The predicted octanol–water partition coefficient (Wildman–Crippen LogP) is 3.71. The summed E-state index contributed by atoms with van der Waals surface area (Å²) in [5.74, 6) is -0.486. The third kappa shape index (κ3) is 6.86. The average Bonchev–Trinajstić information content (AvgIpc) is 2.72. The molecule has 0 unspecified atom stereocenters. The van der Waals surface area contributed by atoms with Gasteiger partial charge in [-0.1, -0.05) is 23.7 Å². The highest BCUT2D eigenvalue weighted by Crippen LogP contribution is 2.29. The van der Waals surface area contributed by atoms with Crippen molar-refractivity contribution in [2.75, 3.05) is 36.1 Å². The molecule has 8 nitrogen and oxygen atoms in total. The lowest BCUT2D eigenvalue weighted by Crippen LogP contribution is -2.31. The Morgan fingerprint density at radius 3 is 2.52 bits per heavy atom. The molecular formula is C21H25ClN2O6S. The number of nitrogens with zero attached hydrogens (tertiary/aromatic N) is 1. The summed E-state index contributed by atoms with van der Waals surface area (Å²) >= 11 is 6.02. The molecule has 0 saturated carbocycles. The van der Waals surface area contributed by atoms with Crippen LogP contribution in [0.3, 0.4) is 0 Å². The summed E-state index contributed by atoms with van der Waals surface area (Å²) in [6.07, 6.45) is 1.44. The molecule has 0 aliphatic carbocycles. The Bertz CT molecular complexity index is 1040. The topological polar surface area (TPSA) is 102 Å². The van der Waals surface area contributed by atoms with E-state index in [1.165, 1.54) is 23.5 Å². The van der Waals surface area contributed by atoms with Crippen molar-refractivity contribution in [1.29, 1.82) is 0 Å². The van der Waals surface area contributed by atoms with E-state index in [1.54, 1.807) is 37.3 Å². The van der Waals surface area contributed by atoms with Gasteiger partial charge in [0.15, 0.2) is 0 Å². The van der Waals surface area contributed by atoms with E-state index < -0.39 is 16.0 Å². The first-order valence-electron chi connectivity index (χ1n) is 9.54. The van der Waals surface area contributed by atoms with Gasteiger partial charge in [0.1, 0.15) is 5.75 Å². The molecule has 31 heavy (non-hydrogen) atoms. The van der Waals surface area contributed by atoms with Crippen LogP contribution in [0.1, 0.15) is 30.1 Å². The number of halogens is 1. The fraction of sp³-hybridized carbons (Fsp3) is 0.333. The van der Waals surface area contributed by atoms with Gasteiger partial charge < -0.3 is 14.8 Å². The first-order valence-corrected chi connectivity index (χ1v) is 11.8. The Hall–Kier alpha value is -2.78. The zero-order chi connectivity index (χ0) is 23.0. The predicted molar refractivity (Wildman–Crippen MR) is 120 cm³/mol. The number of esters is 1. The quantitative estimate of drug-likeness (QED) is 0.533. The number of carbonyl (C=O) groups excluding carboxylic acids is 2. The second-order valence-corrected chi connectivity index (χ2v) is 8.89. The molecule has 2 aromatic carbocycles. The number of carbonyl (C=O) groups is 2. The van der Waals surface area contributed by atoms with Crippen LogP contribution in [0.25, 0.3) is 0 Å². The van der Waals surface area contributed by atoms with Gasteiger partial charge in [0.25, 0.3) is 0 Å². The number of para-hydroxylation sites is 2. The number of hydrogen-bond donors (Lipinski definition) is 1. The van der Waals surface area contributed by atoms with Gasteiger partial charge in [0, 0.05) is 18.7 Å². The number of hydrogen-bond acceptors (Lipinski definition) is 6. The van der Waals surface area contributed by atoms with Crippen molar-refractivity contribution in [2.45, 2.75) is 19.8 Å². The van der Waals surface area contributed by atoms with E-state index in [-0.39, 0.29) is 42.5 Å². The van der Waals surface area contributed by atoms with E-state index >= 15 is 0 Å². The Balaban J connectivity index is 2.03. The molecule has 168 valence electrons. The second-order valence-electron chi connectivity index (χ2n) is 6.57. The molecule has 1 N–H and O–H groups in total. The van der Waals surface area contributed by atoms with Crippen LogP contribution in [0.15, 0.2) is 42.5 Å². The fourth-order valence-corrected chi connectivity index (χ4v) is 4.04. The maximum atomic E-state index is 12.3. The van der Waals surface area contributed by atoms with Crippen LogP contribution in [0.2, 0.25) is 5.02 Å². The molecule has 0 aliphatic rings. The molecule has 0 bridgehead atoms. The van der Waals surface area contributed by atoms with Crippen molar-refractivity contribution in [2.24, 2.45) is 0 Å². The van der Waals surface area contributed by atoms with E-state index in [0.717, 1.165) is 6.26 Å². The minimum absolute atomic E-state index is 0.0680. The Labute approximate surface area is 187 Å². The molecule has 10 heteroatoms. The van der Waals surface area contributed by atoms with Crippen LogP contribution < -0.4 is 14.4 Å². The van der Waals surface area contributed by atoms with Crippen molar-refractivity contribution >= 4 is 44.9 Å². The largest absolute Gasteiger partial charge is 0.495 e. The average molecular weight is 469 g/mol. The Morgan fingerprint density at radius 1 is 1.16 bits per heavy atom. The lowest BCUT2D eigenvalue weighted by molar-refractivity contribution is -0.116. The van der Waals surface area contributed by atoms with Gasteiger partial charge in [-0.2, -0.15) is 0 Å². The molecule has 0 spiro atoms. The number of rotatable bonds is 10.